The van der Waals surface area contributed by atoms with Crippen LogP contribution in [0.15, 0.2) is 41.1 Å². The van der Waals surface area contributed by atoms with Gasteiger partial charge in [0, 0.05) is 48.4 Å². The van der Waals surface area contributed by atoms with Crippen molar-refractivity contribution in [2.75, 3.05) is 31.1 Å². The van der Waals surface area contributed by atoms with Crippen LogP contribution in [0.1, 0.15) is 16.2 Å². The van der Waals surface area contributed by atoms with Crippen LogP contribution in [0.2, 0.25) is 10.0 Å². The minimum Gasteiger partial charge on any atom is -0.355 e. The summed E-state index contributed by atoms with van der Waals surface area (Å²) in [7, 11) is 0. The van der Waals surface area contributed by atoms with Crippen LogP contribution in [-0.2, 0) is 6.18 Å². The normalized spacial score (nSPS) is 17.3. The number of amides is 1. The molecule has 2 aromatic heterocycles. The van der Waals surface area contributed by atoms with E-state index in [1.54, 1.807) is 35.2 Å². The molecule has 3 aromatic rings. The van der Waals surface area contributed by atoms with Crippen LogP contribution in [0.5, 0.6) is 0 Å². The minimum absolute atomic E-state index is 0.00416. The van der Waals surface area contributed by atoms with E-state index in [0.29, 0.717) is 40.1 Å². The standard InChI is InChI=1S/C20H14Cl2F3N5O2/c21-12-2-3-13(14(22)5-12)17(31)30-9-19(10-30)7-29(8-19)15-4-1-11(6-26-15)16-27-18(32-28-16)20(23,24)25/h1-6H,7-10H2. The summed E-state index contributed by atoms with van der Waals surface area (Å²) in [6.45, 7) is 2.67. The number of carbonyl (C=O) groups excluding carboxylic acids is 1. The molecule has 0 bridgehead atoms. The van der Waals surface area contributed by atoms with Gasteiger partial charge in [-0.3, -0.25) is 4.79 Å². The maximum atomic E-state index is 12.7. The number of alkyl halides is 3. The molecule has 0 saturated carbocycles. The summed E-state index contributed by atoms with van der Waals surface area (Å²) >= 11 is 12.0. The summed E-state index contributed by atoms with van der Waals surface area (Å²) < 4.78 is 42.1. The fourth-order valence-electron chi connectivity index (χ4n) is 4.03. The van der Waals surface area contributed by atoms with E-state index in [0.717, 1.165) is 13.1 Å². The Bertz CT molecular complexity index is 1180. The van der Waals surface area contributed by atoms with Crippen molar-refractivity contribution >= 4 is 34.9 Å². The van der Waals surface area contributed by atoms with Crippen LogP contribution in [0, 0.1) is 5.41 Å². The van der Waals surface area contributed by atoms with Gasteiger partial charge in [-0.15, -0.1) is 0 Å². The van der Waals surface area contributed by atoms with Gasteiger partial charge in [0.1, 0.15) is 5.82 Å². The first-order valence-corrected chi connectivity index (χ1v) is 10.3. The number of anilines is 1. The van der Waals surface area contributed by atoms with Crippen molar-refractivity contribution in [3.05, 3.63) is 58.0 Å². The van der Waals surface area contributed by atoms with E-state index in [1.807, 2.05) is 4.90 Å². The molecule has 0 atom stereocenters. The predicted octanol–water partition coefficient (Wildman–Crippen LogP) is 4.42. The average Bonchev–Trinajstić information content (AvgIpc) is 3.17. The molecular formula is C20H14Cl2F3N5O2. The van der Waals surface area contributed by atoms with E-state index < -0.39 is 12.1 Å². The molecule has 4 heterocycles. The third-order valence-electron chi connectivity index (χ3n) is 5.55. The average molecular weight is 484 g/mol. The second-order valence-electron chi connectivity index (χ2n) is 7.97. The first kappa shape index (κ1) is 21.0. The number of rotatable bonds is 3. The van der Waals surface area contributed by atoms with Crippen molar-refractivity contribution in [2.45, 2.75) is 6.18 Å². The molecule has 1 amide bonds. The number of hydrogen-bond acceptors (Lipinski definition) is 6. The lowest BCUT2D eigenvalue weighted by Crippen LogP contribution is -2.73. The lowest BCUT2D eigenvalue weighted by molar-refractivity contribution is -0.159. The number of halogens is 5. The van der Waals surface area contributed by atoms with E-state index in [9.17, 15) is 18.0 Å². The van der Waals surface area contributed by atoms with Crippen molar-refractivity contribution in [3.8, 4) is 11.4 Å². The van der Waals surface area contributed by atoms with Gasteiger partial charge in [0.05, 0.1) is 10.6 Å². The van der Waals surface area contributed by atoms with Crippen LogP contribution in [0.3, 0.4) is 0 Å². The van der Waals surface area contributed by atoms with Crippen LogP contribution in [0.25, 0.3) is 11.4 Å². The Hall–Kier alpha value is -2.85. The van der Waals surface area contributed by atoms with E-state index in [2.05, 4.69) is 19.6 Å². The van der Waals surface area contributed by atoms with Gasteiger partial charge < -0.3 is 14.3 Å². The molecule has 1 spiro atoms. The Balaban J connectivity index is 1.18. The van der Waals surface area contributed by atoms with Crippen molar-refractivity contribution in [1.82, 2.24) is 20.0 Å². The topological polar surface area (TPSA) is 75.4 Å². The fraction of sp³-hybridized carbons (Fsp3) is 0.300. The number of likely N-dealkylation sites (tertiary alicyclic amines) is 1. The lowest BCUT2D eigenvalue weighted by Gasteiger charge is -2.60. The largest absolute Gasteiger partial charge is 0.471 e. The number of carbonyl (C=O) groups is 1. The first-order chi connectivity index (χ1) is 15.1. The summed E-state index contributed by atoms with van der Waals surface area (Å²) in [5.41, 5.74) is 0.752. The van der Waals surface area contributed by atoms with Crippen molar-refractivity contribution in [3.63, 3.8) is 0 Å². The van der Waals surface area contributed by atoms with Crippen LogP contribution >= 0.6 is 23.2 Å². The molecule has 0 N–H and O–H groups in total. The van der Waals surface area contributed by atoms with Gasteiger partial charge in [-0.25, -0.2) is 4.98 Å². The minimum atomic E-state index is -4.69. The van der Waals surface area contributed by atoms with Gasteiger partial charge in [0.2, 0.25) is 5.82 Å². The molecule has 7 nitrogen and oxygen atoms in total. The number of benzene rings is 1. The zero-order valence-electron chi connectivity index (χ0n) is 16.2. The van der Waals surface area contributed by atoms with E-state index in [4.69, 9.17) is 23.2 Å². The summed E-state index contributed by atoms with van der Waals surface area (Å²) in [5, 5.41) is 4.15. The molecule has 32 heavy (non-hydrogen) atoms. The highest BCUT2D eigenvalue weighted by Gasteiger charge is 2.53. The number of aromatic nitrogens is 3. The number of nitrogens with zero attached hydrogens (tertiary/aromatic N) is 5. The van der Waals surface area contributed by atoms with E-state index >= 15 is 0 Å². The zero-order valence-corrected chi connectivity index (χ0v) is 17.7. The summed E-state index contributed by atoms with van der Waals surface area (Å²) in [4.78, 5) is 24.1. The Kier molecular flexibility index (Phi) is 4.82. The highest BCUT2D eigenvalue weighted by molar-refractivity contribution is 6.36. The molecule has 166 valence electrons. The predicted molar refractivity (Wildman–Crippen MR) is 110 cm³/mol. The number of pyridine rings is 1. The van der Waals surface area contributed by atoms with Gasteiger partial charge in [-0.1, -0.05) is 28.4 Å². The molecule has 2 saturated heterocycles. The molecule has 2 fully saturated rings. The lowest BCUT2D eigenvalue weighted by atomic mass is 9.72. The Morgan fingerprint density at radius 1 is 1.09 bits per heavy atom. The van der Waals surface area contributed by atoms with Crippen LogP contribution in [0.4, 0.5) is 19.0 Å². The second kappa shape index (κ2) is 7.35. The molecule has 0 radical (unpaired) electrons. The highest BCUT2D eigenvalue weighted by atomic mass is 35.5. The van der Waals surface area contributed by atoms with Gasteiger partial charge in [-0.2, -0.15) is 18.2 Å². The molecule has 2 aliphatic heterocycles. The van der Waals surface area contributed by atoms with Gasteiger partial charge in [0.25, 0.3) is 5.91 Å². The van der Waals surface area contributed by atoms with Gasteiger partial charge in [0.15, 0.2) is 0 Å². The Morgan fingerprint density at radius 2 is 1.84 bits per heavy atom. The second-order valence-corrected chi connectivity index (χ2v) is 8.81. The molecule has 12 heteroatoms. The zero-order chi connectivity index (χ0) is 22.7. The highest BCUT2D eigenvalue weighted by Crippen LogP contribution is 2.42. The monoisotopic (exact) mass is 483 g/mol. The summed E-state index contributed by atoms with van der Waals surface area (Å²) in [6.07, 6.45) is -3.29. The Labute approximate surface area is 189 Å². The smallest absolute Gasteiger partial charge is 0.355 e. The van der Waals surface area contributed by atoms with Crippen LogP contribution in [-0.4, -0.2) is 52.1 Å². The van der Waals surface area contributed by atoms with Crippen molar-refractivity contribution in [2.24, 2.45) is 5.41 Å². The number of hydrogen-bond donors (Lipinski definition) is 0. The maximum absolute atomic E-state index is 12.7. The van der Waals surface area contributed by atoms with Crippen molar-refractivity contribution < 1.29 is 22.5 Å². The molecular weight excluding hydrogens is 470 g/mol. The molecule has 5 rings (SSSR count). The van der Waals surface area contributed by atoms with Crippen molar-refractivity contribution in [1.29, 1.82) is 0 Å². The third kappa shape index (κ3) is 3.67. The maximum Gasteiger partial charge on any atom is 0.471 e. The SMILES string of the molecule is O=C(c1ccc(Cl)cc1Cl)N1CC2(C1)CN(c1ccc(-c3noc(C(F)(F)F)n3)cn1)C2. The Morgan fingerprint density at radius 3 is 2.44 bits per heavy atom. The molecule has 1 aromatic carbocycles. The fourth-order valence-corrected chi connectivity index (χ4v) is 4.52. The summed E-state index contributed by atoms with van der Waals surface area (Å²) in [6, 6.07) is 8.09. The summed E-state index contributed by atoms with van der Waals surface area (Å²) in [5.74, 6) is -1.02. The molecule has 0 unspecified atom stereocenters. The first-order valence-electron chi connectivity index (χ1n) is 9.50. The quantitative estimate of drug-likeness (QED) is 0.548. The molecule has 2 aliphatic rings. The molecule has 0 aliphatic carbocycles. The van der Waals surface area contributed by atoms with E-state index in [-0.39, 0.29) is 17.1 Å². The van der Waals surface area contributed by atoms with Gasteiger partial charge in [-0.05, 0) is 30.3 Å². The van der Waals surface area contributed by atoms with E-state index in [1.165, 1.54) is 6.20 Å². The third-order valence-corrected chi connectivity index (χ3v) is 6.10. The van der Waals surface area contributed by atoms with Gasteiger partial charge >= 0.3 is 12.1 Å². The van der Waals surface area contributed by atoms with Crippen LogP contribution < -0.4 is 4.90 Å².